The first kappa shape index (κ1) is 14.5. The van der Waals surface area contributed by atoms with E-state index in [0.717, 1.165) is 16.8 Å². The summed E-state index contributed by atoms with van der Waals surface area (Å²) in [6, 6.07) is 21.8. The quantitative estimate of drug-likeness (QED) is 0.790. The second-order valence-corrected chi connectivity index (χ2v) is 8.01. The van der Waals surface area contributed by atoms with Gasteiger partial charge >= 0.3 is 0 Å². The Labute approximate surface area is 130 Å². The summed E-state index contributed by atoms with van der Waals surface area (Å²) in [6.45, 7) is 3.27. The molecular weight excluding hydrogens is 272 g/mol. The van der Waals surface area contributed by atoms with Crippen molar-refractivity contribution in [1.82, 2.24) is 0 Å². The van der Waals surface area contributed by atoms with E-state index in [1.807, 2.05) is 0 Å². The monoisotopic (exact) mass is 296 g/mol. The molecule has 0 aliphatic carbocycles. The first-order chi connectivity index (χ1) is 10.2. The highest BCUT2D eigenvalue weighted by molar-refractivity contribution is 6.16. The fourth-order valence-corrected chi connectivity index (χ4v) is 4.78. The van der Waals surface area contributed by atoms with E-state index in [2.05, 4.69) is 67.6 Å². The van der Waals surface area contributed by atoms with Crippen LogP contribution in [-0.4, -0.2) is 22.1 Å². The molecule has 0 radical (unpaired) electrons. The van der Waals surface area contributed by atoms with Crippen LogP contribution in [0.3, 0.4) is 0 Å². The molecule has 0 aromatic heterocycles. The van der Waals surface area contributed by atoms with E-state index in [1.165, 1.54) is 30.4 Å². The lowest BCUT2D eigenvalue weighted by atomic mass is 9.69. The molecule has 3 rings (SSSR count). The Bertz CT molecular complexity index is 534. The molecule has 2 aromatic carbocycles. The lowest BCUT2D eigenvalue weighted by Crippen LogP contribution is -2.54. The SMILES string of the molecule is CC(c1ccccc1)(c1ccccc1)C1([SiH3])CCCCO1. The normalized spacial score (nSPS) is 23.1. The van der Waals surface area contributed by atoms with E-state index < -0.39 is 0 Å². The van der Waals surface area contributed by atoms with Gasteiger partial charge in [-0.2, -0.15) is 0 Å². The first-order valence-corrected chi connectivity index (χ1v) is 8.92. The van der Waals surface area contributed by atoms with Crippen LogP contribution in [0.25, 0.3) is 0 Å². The average molecular weight is 296 g/mol. The molecule has 0 spiro atoms. The zero-order valence-corrected chi connectivity index (χ0v) is 15.0. The van der Waals surface area contributed by atoms with Crippen LogP contribution >= 0.6 is 0 Å². The Kier molecular flexibility index (Phi) is 4.00. The number of rotatable bonds is 3. The van der Waals surface area contributed by atoms with Crippen molar-refractivity contribution in [2.45, 2.75) is 36.8 Å². The van der Waals surface area contributed by atoms with Crippen molar-refractivity contribution in [2.24, 2.45) is 0 Å². The Morgan fingerprint density at radius 3 is 1.86 bits per heavy atom. The standard InChI is InChI=1S/C19H24OSi/c1-18(16-10-4-2-5-11-16,17-12-6-3-7-13-17)19(21)14-8-9-15-20-19/h2-7,10-13H,8-9,14-15H2,1,21H3. The molecule has 1 nitrogen and oxygen atoms in total. The number of ether oxygens (including phenoxy) is 1. The fourth-order valence-electron chi connectivity index (χ4n) is 3.65. The maximum absolute atomic E-state index is 6.40. The molecular formula is C19H24OSi. The number of benzene rings is 2. The Balaban J connectivity index is 2.15. The molecule has 0 amide bonds. The van der Waals surface area contributed by atoms with Crippen LogP contribution in [0, 0.1) is 0 Å². The van der Waals surface area contributed by atoms with Crippen molar-refractivity contribution in [2.75, 3.05) is 6.61 Å². The Hall–Kier alpha value is -1.38. The van der Waals surface area contributed by atoms with Crippen molar-refractivity contribution in [3.8, 4) is 0 Å². The predicted molar refractivity (Wildman–Crippen MR) is 91.8 cm³/mol. The second-order valence-electron chi connectivity index (χ2n) is 6.39. The van der Waals surface area contributed by atoms with Crippen molar-refractivity contribution in [1.29, 1.82) is 0 Å². The highest BCUT2D eigenvalue weighted by Gasteiger charge is 2.48. The van der Waals surface area contributed by atoms with Crippen LogP contribution in [0.2, 0.25) is 0 Å². The molecule has 2 heteroatoms. The lowest BCUT2D eigenvalue weighted by Gasteiger charge is -2.49. The smallest absolute Gasteiger partial charge is 0.0616 e. The van der Waals surface area contributed by atoms with Crippen molar-refractivity contribution >= 4 is 10.2 Å². The van der Waals surface area contributed by atoms with Crippen LogP contribution in [0.1, 0.15) is 37.3 Å². The van der Waals surface area contributed by atoms with Gasteiger partial charge in [-0.05, 0) is 37.3 Å². The minimum atomic E-state index is -0.0673. The van der Waals surface area contributed by atoms with Crippen LogP contribution < -0.4 is 0 Å². The zero-order valence-electron chi connectivity index (χ0n) is 13.0. The van der Waals surface area contributed by atoms with Gasteiger partial charge in [-0.3, -0.25) is 0 Å². The summed E-state index contributed by atoms with van der Waals surface area (Å²) in [5.41, 5.74) is 2.67. The summed E-state index contributed by atoms with van der Waals surface area (Å²) < 4.78 is 6.40. The van der Waals surface area contributed by atoms with Gasteiger partial charge < -0.3 is 4.74 Å². The zero-order chi connectivity index (χ0) is 14.8. The van der Waals surface area contributed by atoms with Crippen molar-refractivity contribution < 1.29 is 4.74 Å². The van der Waals surface area contributed by atoms with Gasteiger partial charge in [0.25, 0.3) is 0 Å². The van der Waals surface area contributed by atoms with E-state index in [0.29, 0.717) is 0 Å². The van der Waals surface area contributed by atoms with E-state index in [4.69, 9.17) is 4.74 Å². The molecule has 2 aromatic rings. The third-order valence-corrected chi connectivity index (χ3v) is 7.02. The molecule has 1 fully saturated rings. The molecule has 1 aliphatic heterocycles. The third-order valence-electron chi connectivity index (χ3n) is 5.23. The summed E-state index contributed by atoms with van der Waals surface area (Å²) in [7, 11) is 1.04. The minimum absolute atomic E-state index is 0.0199. The molecule has 0 saturated carbocycles. The summed E-state index contributed by atoms with van der Waals surface area (Å²) in [4.78, 5) is 0. The molecule has 1 atom stereocenters. The minimum Gasteiger partial charge on any atom is -0.378 e. The summed E-state index contributed by atoms with van der Waals surface area (Å²) in [5.74, 6) is 0. The Morgan fingerprint density at radius 1 is 0.905 bits per heavy atom. The molecule has 1 unspecified atom stereocenters. The predicted octanol–water partition coefficient (Wildman–Crippen LogP) is 3.25. The van der Waals surface area contributed by atoms with Crippen molar-refractivity contribution in [3.63, 3.8) is 0 Å². The van der Waals surface area contributed by atoms with Gasteiger partial charge in [0.2, 0.25) is 0 Å². The summed E-state index contributed by atoms with van der Waals surface area (Å²) in [6.07, 6.45) is 3.64. The van der Waals surface area contributed by atoms with Gasteiger partial charge in [0.15, 0.2) is 0 Å². The van der Waals surface area contributed by atoms with E-state index in [1.54, 1.807) is 0 Å². The van der Waals surface area contributed by atoms with Crippen LogP contribution in [0.15, 0.2) is 60.7 Å². The topological polar surface area (TPSA) is 9.23 Å². The fraction of sp³-hybridized carbons (Fsp3) is 0.368. The third kappa shape index (κ3) is 2.47. The van der Waals surface area contributed by atoms with Crippen LogP contribution in [0.4, 0.5) is 0 Å². The van der Waals surface area contributed by atoms with Crippen molar-refractivity contribution in [3.05, 3.63) is 71.8 Å². The second kappa shape index (κ2) is 5.78. The largest absolute Gasteiger partial charge is 0.378 e. The lowest BCUT2D eigenvalue weighted by molar-refractivity contribution is -0.0543. The maximum Gasteiger partial charge on any atom is 0.0616 e. The van der Waals surface area contributed by atoms with Gasteiger partial charge in [0, 0.05) is 22.3 Å². The van der Waals surface area contributed by atoms with Gasteiger partial charge in [-0.25, -0.2) is 0 Å². The van der Waals surface area contributed by atoms with Crippen LogP contribution in [0.5, 0.6) is 0 Å². The highest BCUT2D eigenvalue weighted by atomic mass is 28.1. The molecule has 0 N–H and O–H groups in total. The maximum atomic E-state index is 6.40. The highest BCUT2D eigenvalue weighted by Crippen LogP contribution is 2.46. The molecule has 1 aliphatic rings. The van der Waals surface area contributed by atoms with Crippen LogP contribution in [-0.2, 0) is 10.2 Å². The molecule has 1 saturated heterocycles. The van der Waals surface area contributed by atoms with E-state index >= 15 is 0 Å². The number of hydrogen-bond donors (Lipinski definition) is 0. The van der Waals surface area contributed by atoms with E-state index in [9.17, 15) is 0 Å². The number of hydrogen-bond acceptors (Lipinski definition) is 1. The van der Waals surface area contributed by atoms with E-state index in [-0.39, 0.29) is 10.6 Å². The molecule has 1 heterocycles. The van der Waals surface area contributed by atoms with Gasteiger partial charge in [0.1, 0.15) is 0 Å². The summed E-state index contributed by atoms with van der Waals surface area (Å²) in [5, 5.41) is -0.0199. The molecule has 110 valence electrons. The summed E-state index contributed by atoms with van der Waals surface area (Å²) >= 11 is 0. The molecule has 21 heavy (non-hydrogen) atoms. The average Bonchev–Trinajstić information content (AvgIpc) is 2.56. The first-order valence-electron chi connectivity index (χ1n) is 7.92. The molecule has 0 bridgehead atoms. The Morgan fingerprint density at radius 2 is 1.43 bits per heavy atom. The van der Waals surface area contributed by atoms with Gasteiger partial charge in [-0.15, -0.1) is 0 Å². The van der Waals surface area contributed by atoms with Gasteiger partial charge in [0.05, 0.1) is 5.22 Å². The van der Waals surface area contributed by atoms with Gasteiger partial charge in [-0.1, -0.05) is 60.7 Å².